The molecule has 0 radical (unpaired) electrons. The lowest BCUT2D eigenvalue weighted by molar-refractivity contribution is -0.122. The molecule has 126 valence electrons. The van der Waals surface area contributed by atoms with Gasteiger partial charge < -0.3 is 15.4 Å². The Morgan fingerprint density at radius 2 is 1.79 bits per heavy atom. The molecule has 2 amide bonds. The molecular formula is C19H22N2O3. The summed E-state index contributed by atoms with van der Waals surface area (Å²) in [6.45, 7) is 4.30. The second-order valence-electron chi connectivity index (χ2n) is 5.26. The molecule has 0 aliphatic rings. The molecule has 5 heteroatoms. The third-order valence-corrected chi connectivity index (χ3v) is 3.41. The molecular weight excluding hydrogens is 304 g/mol. The molecule has 24 heavy (non-hydrogen) atoms. The lowest BCUT2D eigenvalue weighted by Crippen LogP contribution is -2.32. The van der Waals surface area contributed by atoms with Crippen molar-refractivity contribution < 1.29 is 14.3 Å². The minimum Gasteiger partial charge on any atom is -0.481 e. The minimum atomic E-state index is -0.597. The lowest BCUT2D eigenvalue weighted by Gasteiger charge is -2.17. The molecule has 2 N–H and O–H groups in total. The van der Waals surface area contributed by atoms with Crippen molar-refractivity contribution in [2.45, 2.75) is 26.4 Å². The molecule has 2 rings (SSSR count). The van der Waals surface area contributed by atoms with Crippen molar-refractivity contribution in [3.8, 4) is 5.75 Å². The van der Waals surface area contributed by atoms with Crippen molar-refractivity contribution in [1.29, 1.82) is 0 Å². The summed E-state index contributed by atoms with van der Waals surface area (Å²) in [5.41, 5.74) is 1.07. The van der Waals surface area contributed by atoms with Gasteiger partial charge in [-0.15, -0.1) is 0 Å². The van der Waals surface area contributed by atoms with Gasteiger partial charge in [-0.25, -0.2) is 0 Å². The third kappa shape index (κ3) is 4.84. The van der Waals surface area contributed by atoms with Gasteiger partial charge in [-0.1, -0.05) is 31.2 Å². The van der Waals surface area contributed by atoms with Crippen molar-refractivity contribution in [3.05, 3.63) is 60.2 Å². The largest absolute Gasteiger partial charge is 0.481 e. The van der Waals surface area contributed by atoms with Crippen molar-refractivity contribution in [2.24, 2.45) is 0 Å². The highest BCUT2D eigenvalue weighted by atomic mass is 16.5. The fourth-order valence-corrected chi connectivity index (χ4v) is 2.21. The molecule has 0 fully saturated rings. The quantitative estimate of drug-likeness (QED) is 0.821. The van der Waals surface area contributed by atoms with Gasteiger partial charge in [0, 0.05) is 17.8 Å². The van der Waals surface area contributed by atoms with E-state index in [1.165, 1.54) is 0 Å². The highest BCUT2D eigenvalue weighted by Gasteiger charge is 2.18. The molecule has 0 spiro atoms. The lowest BCUT2D eigenvalue weighted by atomic mass is 10.1. The Bertz CT molecular complexity index is 686. The van der Waals surface area contributed by atoms with Gasteiger partial charge in [0.15, 0.2) is 6.10 Å². The smallest absolute Gasteiger partial charge is 0.265 e. The van der Waals surface area contributed by atoms with Gasteiger partial charge in [-0.2, -0.15) is 0 Å². The van der Waals surface area contributed by atoms with Gasteiger partial charge >= 0.3 is 0 Å². The molecule has 2 aromatic carbocycles. The van der Waals surface area contributed by atoms with Crippen LogP contribution < -0.4 is 15.4 Å². The van der Waals surface area contributed by atoms with E-state index in [2.05, 4.69) is 10.6 Å². The van der Waals surface area contributed by atoms with E-state index in [9.17, 15) is 9.59 Å². The zero-order chi connectivity index (χ0) is 17.4. The summed E-state index contributed by atoms with van der Waals surface area (Å²) in [4.78, 5) is 24.3. The van der Waals surface area contributed by atoms with Crippen LogP contribution in [0.4, 0.5) is 5.69 Å². The third-order valence-electron chi connectivity index (χ3n) is 3.41. The SMILES string of the molecule is CCNC(=O)c1cccc(NC(=O)C(CC)Oc2ccccc2)c1. The summed E-state index contributed by atoms with van der Waals surface area (Å²) in [5, 5.41) is 5.54. The normalized spacial score (nSPS) is 11.4. The van der Waals surface area contributed by atoms with Gasteiger partial charge in [-0.3, -0.25) is 9.59 Å². The molecule has 0 bridgehead atoms. The van der Waals surface area contributed by atoms with Crippen LogP contribution >= 0.6 is 0 Å². The summed E-state index contributed by atoms with van der Waals surface area (Å²) >= 11 is 0. The van der Waals surface area contributed by atoms with Crippen LogP contribution in [0.15, 0.2) is 54.6 Å². The van der Waals surface area contributed by atoms with Crippen LogP contribution in [-0.4, -0.2) is 24.5 Å². The van der Waals surface area contributed by atoms with E-state index in [4.69, 9.17) is 4.74 Å². The molecule has 1 atom stereocenters. The zero-order valence-electron chi connectivity index (χ0n) is 13.9. The van der Waals surface area contributed by atoms with E-state index in [1.54, 1.807) is 24.3 Å². The number of ether oxygens (including phenoxy) is 1. The molecule has 0 aliphatic heterocycles. The maximum atomic E-state index is 12.4. The molecule has 0 aliphatic carbocycles. The predicted molar refractivity (Wildman–Crippen MR) is 94.2 cm³/mol. The Kier molecular flexibility index (Phi) is 6.37. The first-order chi connectivity index (χ1) is 11.6. The summed E-state index contributed by atoms with van der Waals surface area (Å²) in [7, 11) is 0. The molecule has 5 nitrogen and oxygen atoms in total. The van der Waals surface area contributed by atoms with Gasteiger partial charge in [-0.05, 0) is 43.7 Å². The Hall–Kier alpha value is -2.82. The minimum absolute atomic E-state index is 0.166. The Morgan fingerprint density at radius 1 is 1.04 bits per heavy atom. The number of hydrogen-bond acceptors (Lipinski definition) is 3. The molecule has 0 aromatic heterocycles. The Balaban J connectivity index is 2.04. The fourth-order valence-electron chi connectivity index (χ4n) is 2.21. The van der Waals surface area contributed by atoms with Crippen LogP contribution in [0.1, 0.15) is 30.6 Å². The summed E-state index contributed by atoms with van der Waals surface area (Å²) in [6.07, 6.45) is -0.0583. The maximum absolute atomic E-state index is 12.4. The summed E-state index contributed by atoms with van der Waals surface area (Å²) in [5.74, 6) is 0.242. The molecule has 0 heterocycles. The Labute approximate surface area is 142 Å². The van der Waals surface area contributed by atoms with Gasteiger partial charge in [0.25, 0.3) is 11.8 Å². The number of anilines is 1. The molecule has 2 aromatic rings. The van der Waals surface area contributed by atoms with Crippen LogP contribution in [0.2, 0.25) is 0 Å². The molecule has 0 saturated heterocycles. The molecule has 0 saturated carbocycles. The zero-order valence-corrected chi connectivity index (χ0v) is 13.9. The van der Waals surface area contributed by atoms with Crippen molar-refractivity contribution in [3.63, 3.8) is 0 Å². The second-order valence-corrected chi connectivity index (χ2v) is 5.26. The fraction of sp³-hybridized carbons (Fsp3) is 0.263. The van der Waals surface area contributed by atoms with Crippen LogP contribution in [-0.2, 0) is 4.79 Å². The average molecular weight is 326 g/mol. The van der Waals surface area contributed by atoms with Gasteiger partial charge in [0.2, 0.25) is 0 Å². The number of carbonyl (C=O) groups excluding carboxylic acids is 2. The first-order valence-electron chi connectivity index (χ1n) is 8.04. The van der Waals surface area contributed by atoms with Crippen molar-refractivity contribution >= 4 is 17.5 Å². The van der Waals surface area contributed by atoms with Gasteiger partial charge in [0.05, 0.1) is 0 Å². The van der Waals surface area contributed by atoms with Crippen LogP contribution in [0.5, 0.6) is 5.75 Å². The topological polar surface area (TPSA) is 67.4 Å². The van der Waals surface area contributed by atoms with Crippen molar-refractivity contribution in [1.82, 2.24) is 5.32 Å². The van der Waals surface area contributed by atoms with Crippen molar-refractivity contribution in [2.75, 3.05) is 11.9 Å². The maximum Gasteiger partial charge on any atom is 0.265 e. The second kappa shape index (κ2) is 8.72. The standard InChI is InChI=1S/C19H22N2O3/c1-3-17(24-16-11-6-5-7-12-16)19(23)21-15-10-8-9-14(13-15)18(22)20-4-2/h5-13,17H,3-4H2,1-2H3,(H,20,22)(H,21,23). The highest BCUT2D eigenvalue weighted by molar-refractivity contribution is 5.98. The van der Waals surface area contributed by atoms with E-state index >= 15 is 0 Å². The number of rotatable bonds is 7. The summed E-state index contributed by atoms with van der Waals surface area (Å²) in [6, 6.07) is 16.1. The predicted octanol–water partition coefficient (Wildman–Crippen LogP) is 3.23. The van der Waals surface area contributed by atoms with E-state index in [0.717, 1.165) is 0 Å². The van der Waals surface area contributed by atoms with E-state index < -0.39 is 6.10 Å². The summed E-state index contributed by atoms with van der Waals surface area (Å²) < 4.78 is 5.72. The van der Waals surface area contributed by atoms with Gasteiger partial charge in [0.1, 0.15) is 5.75 Å². The van der Waals surface area contributed by atoms with Crippen LogP contribution in [0.3, 0.4) is 0 Å². The first-order valence-corrected chi connectivity index (χ1v) is 8.04. The van der Waals surface area contributed by atoms with Crippen LogP contribution in [0, 0.1) is 0 Å². The highest BCUT2D eigenvalue weighted by Crippen LogP contribution is 2.15. The Morgan fingerprint density at radius 3 is 2.46 bits per heavy atom. The number of para-hydroxylation sites is 1. The first kappa shape index (κ1) is 17.5. The van der Waals surface area contributed by atoms with E-state index in [-0.39, 0.29) is 11.8 Å². The number of benzene rings is 2. The molecule has 1 unspecified atom stereocenters. The average Bonchev–Trinajstić information content (AvgIpc) is 2.61. The van der Waals surface area contributed by atoms with E-state index in [1.807, 2.05) is 44.2 Å². The number of amides is 2. The monoisotopic (exact) mass is 326 g/mol. The number of carbonyl (C=O) groups is 2. The van der Waals surface area contributed by atoms with E-state index in [0.29, 0.717) is 30.0 Å². The number of hydrogen-bond donors (Lipinski definition) is 2. The van der Waals surface area contributed by atoms with Crippen LogP contribution in [0.25, 0.3) is 0 Å². The number of nitrogens with one attached hydrogen (secondary N) is 2.